The van der Waals surface area contributed by atoms with E-state index in [0.717, 1.165) is 12.1 Å². The van der Waals surface area contributed by atoms with Gasteiger partial charge >= 0.3 is 6.09 Å². The maximum Gasteiger partial charge on any atom is 0.405 e. The quantitative estimate of drug-likeness (QED) is 0.809. The van der Waals surface area contributed by atoms with E-state index in [1.807, 2.05) is 5.32 Å². The minimum absolute atomic E-state index is 0.160. The van der Waals surface area contributed by atoms with Gasteiger partial charge < -0.3 is 10.4 Å². The van der Waals surface area contributed by atoms with Gasteiger partial charge in [-0.3, -0.25) is 4.79 Å². The van der Waals surface area contributed by atoms with Gasteiger partial charge in [0.25, 0.3) is 0 Å². The molecule has 7 heteroatoms. The first-order chi connectivity index (χ1) is 8.42. The Morgan fingerprint density at radius 3 is 2.28 bits per heavy atom. The van der Waals surface area contributed by atoms with E-state index in [4.69, 9.17) is 16.7 Å². The van der Waals surface area contributed by atoms with Crippen LogP contribution in [0.1, 0.15) is 5.56 Å². The van der Waals surface area contributed by atoms with E-state index in [9.17, 15) is 18.4 Å². The number of amides is 1. The van der Waals surface area contributed by atoms with Crippen molar-refractivity contribution >= 4 is 23.5 Å². The summed E-state index contributed by atoms with van der Waals surface area (Å²) in [5, 5.41) is 10.5. The Bertz CT molecular complexity index is 447. The molecule has 18 heavy (non-hydrogen) atoms. The van der Waals surface area contributed by atoms with E-state index in [1.165, 1.54) is 0 Å². The van der Waals surface area contributed by atoms with Gasteiger partial charge in [0.15, 0.2) is 5.78 Å². The Kier molecular flexibility index (Phi) is 5.03. The number of carbonyl (C=O) groups is 2. The van der Waals surface area contributed by atoms with Crippen LogP contribution in [-0.4, -0.2) is 28.9 Å². The van der Waals surface area contributed by atoms with Gasteiger partial charge in [-0.25, -0.2) is 13.6 Å². The molecule has 1 rings (SSSR count). The number of alkyl halides is 1. The highest BCUT2D eigenvalue weighted by Gasteiger charge is 2.20. The molecule has 0 fully saturated rings. The molecule has 0 aromatic heterocycles. The van der Waals surface area contributed by atoms with Crippen molar-refractivity contribution in [2.24, 2.45) is 0 Å². The second kappa shape index (κ2) is 6.30. The van der Waals surface area contributed by atoms with Crippen molar-refractivity contribution in [3.8, 4) is 0 Å². The van der Waals surface area contributed by atoms with Crippen molar-refractivity contribution in [1.29, 1.82) is 0 Å². The first kappa shape index (κ1) is 14.4. The maximum absolute atomic E-state index is 12.9. The number of Topliss-reactive ketones (excluding diaryl/α,β-unsaturated/α-hetero) is 1. The number of hydrogen-bond acceptors (Lipinski definition) is 2. The van der Waals surface area contributed by atoms with Crippen LogP contribution >= 0.6 is 11.6 Å². The number of benzene rings is 1. The summed E-state index contributed by atoms with van der Waals surface area (Å²) in [6.07, 6.45) is -1.57. The Balaban J connectivity index is 2.88. The van der Waals surface area contributed by atoms with Gasteiger partial charge in [-0.05, 0) is 17.7 Å². The summed E-state index contributed by atoms with van der Waals surface area (Å²) >= 11 is 5.33. The number of rotatable bonds is 5. The monoisotopic (exact) mass is 277 g/mol. The molecule has 0 saturated carbocycles. The lowest BCUT2D eigenvalue weighted by Gasteiger charge is -2.14. The number of ketones is 1. The number of nitrogens with one attached hydrogen (secondary N) is 1. The molecule has 0 spiro atoms. The van der Waals surface area contributed by atoms with Crippen LogP contribution in [-0.2, 0) is 11.2 Å². The van der Waals surface area contributed by atoms with Crippen molar-refractivity contribution in [2.75, 3.05) is 5.88 Å². The molecule has 1 atom stereocenters. The molecule has 0 unspecified atom stereocenters. The normalized spacial score (nSPS) is 11.9. The zero-order valence-corrected chi connectivity index (χ0v) is 9.88. The van der Waals surface area contributed by atoms with Crippen LogP contribution in [0.15, 0.2) is 18.2 Å². The van der Waals surface area contributed by atoms with Crippen LogP contribution in [0, 0.1) is 11.6 Å². The van der Waals surface area contributed by atoms with Gasteiger partial charge in [-0.2, -0.15) is 0 Å². The molecule has 0 aliphatic carbocycles. The highest BCUT2D eigenvalue weighted by molar-refractivity contribution is 6.28. The second-order valence-corrected chi connectivity index (χ2v) is 3.85. The molecule has 1 aromatic carbocycles. The van der Waals surface area contributed by atoms with Gasteiger partial charge in [-0.15, -0.1) is 11.6 Å². The second-order valence-electron chi connectivity index (χ2n) is 3.58. The van der Waals surface area contributed by atoms with Crippen LogP contribution in [0.2, 0.25) is 0 Å². The molecule has 0 bridgehead atoms. The maximum atomic E-state index is 12.9. The smallest absolute Gasteiger partial charge is 0.405 e. The minimum atomic E-state index is -1.41. The fourth-order valence-corrected chi connectivity index (χ4v) is 1.64. The van der Waals surface area contributed by atoms with Crippen molar-refractivity contribution in [2.45, 2.75) is 12.5 Å². The largest absolute Gasteiger partial charge is 0.465 e. The average molecular weight is 278 g/mol. The van der Waals surface area contributed by atoms with E-state index in [1.54, 1.807) is 0 Å². The lowest BCUT2D eigenvalue weighted by Crippen LogP contribution is -2.42. The number of halogens is 3. The van der Waals surface area contributed by atoms with Crippen LogP contribution < -0.4 is 5.32 Å². The van der Waals surface area contributed by atoms with E-state index in [2.05, 4.69) is 0 Å². The van der Waals surface area contributed by atoms with Crippen molar-refractivity contribution < 1.29 is 23.5 Å². The molecule has 0 saturated heterocycles. The summed E-state index contributed by atoms with van der Waals surface area (Å²) in [6, 6.07) is 1.62. The first-order valence-electron chi connectivity index (χ1n) is 4.95. The van der Waals surface area contributed by atoms with E-state index in [0.29, 0.717) is 6.07 Å². The summed E-state index contributed by atoms with van der Waals surface area (Å²) < 4.78 is 25.9. The zero-order chi connectivity index (χ0) is 13.7. The Morgan fingerprint density at radius 1 is 1.28 bits per heavy atom. The topological polar surface area (TPSA) is 66.4 Å². The van der Waals surface area contributed by atoms with Gasteiger partial charge in [0.1, 0.15) is 11.6 Å². The summed E-state index contributed by atoms with van der Waals surface area (Å²) in [7, 11) is 0. The lowest BCUT2D eigenvalue weighted by atomic mass is 10.0. The molecule has 0 aliphatic heterocycles. The molecule has 1 amide bonds. The van der Waals surface area contributed by atoms with Crippen molar-refractivity contribution in [3.63, 3.8) is 0 Å². The molecular weight excluding hydrogens is 268 g/mol. The SMILES string of the molecule is O=C(O)N[C@@H](Cc1cc(F)cc(F)c1)C(=O)CCl. The molecule has 4 nitrogen and oxygen atoms in total. The number of carbonyl (C=O) groups excluding carboxylic acids is 1. The van der Waals surface area contributed by atoms with E-state index >= 15 is 0 Å². The highest BCUT2D eigenvalue weighted by atomic mass is 35.5. The predicted octanol–water partition coefficient (Wildman–Crippen LogP) is 1.95. The lowest BCUT2D eigenvalue weighted by molar-refractivity contribution is -0.118. The fraction of sp³-hybridized carbons (Fsp3) is 0.273. The minimum Gasteiger partial charge on any atom is -0.465 e. The van der Waals surface area contributed by atoms with Gasteiger partial charge in [-0.1, -0.05) is 0 Å². The van der Waals surface area contributed by atoms with Crippen molar-refractivity contribution in [1.82, 2.24) is 5.32 Å². The van der Waals surface area contributed by atoms with E-state index < -0.39 is 29.6 Å². The Hall–Kier alpha value is -1.69. The first-order valence-corrected chi connectivity index (χ1v) is 5.49. The third-order valence-corrected chi connectivity index (χ3v) is 2.44. The molecule has 0 radical (unpaired) electrons. The molecule has 1 aromatic rings. The summed E-state index contributed by atoms with van der Waals surface area (Å²) in [6.45, 7) is 0. The number of hydrogen-bond donors (Lipinski definition) is 2. The van der Waals surface area contributed by atoms with Crippen molar-refractivity contribution in [3.05, 3.63) is 35.4 Å². The van der Waals surface area contributed by atoms with Crippen LogP contribution in [0.25, 0.3) is 0 Å². The third-order valence-electron chi connectivity index (χ3n) is 2.18. The Morgan fingerprint density at radius 2 is 1.83 bits per heavy atom. The van der Waals surface area contributed by atoms with E-state index in [-0.39, 0.29) is 17.9 Å². The zero-order valence-electron chi connectivity index (χ0n) is 9.12. The highest BCUT2D eigenvalue weighted by Crippen LogP contribution is 2.11. The van der Waals surface area contributed by atoms with Crippen LogP contribution in [0.3, 0.4) is 0 Å². The van der Waals surface area contributed by atoms with Gasteiger partial charge in [0, 0.05) is 12.5 Å². The Labute approximate surface area is 107 Å². The van der Waals surface area contributed by atoms with Gasteiger partial charge in [0.05, 0.1) is 11.9 Å². The van der Waals surface area contributed by atoms with Crippen LogP contribution in [0.4, 0.5) is 13.6 Å². The average Bonchev–Trinajstić information content (AvgIpc) is 2.25. The predicted molar refractivity (Wildman–Crippen MR) is 60.7 cm³/mol. The molecular formula is C11H10ClF2NO3. The standard InChI is InChI=1S/C11H10ClF2NO3/c12-5-10(16)9(15-11(17)18)3-6-1-7(13)4-8(14)2-6/h1-2,4,9,15H,3,5H2,(H,17,18)/t9-/m0/s1. The third kappa shape index (κ3) is 4.29. The molecule has 0 heterocycles. The summed E-state index contributed by atoms with van der Waals surface area (Å²) in [5.74, 6) is -2.54. The molecule has 98 valence electrons. The fourth-order valence-electron chi connectivity index (χ4n) is 1.45. The molecule has 0 aliphatic rings. The van der Waals surface area contributed by atoms with Gasteiger partial charge in [0.2, 0.25) is 0 Å². The molecule has 2 N–H and O–H groups in total. The summed E-state index contributed by atoms with van der Waals surface area (Å²) in [4.78, 5) is 21.9. The van der Waals surface area contributed by atoms with Crippen LogP contribution in [0.5, 0.6) is 0 Å². The summed E-state index contributed by atoms with van der Waals surface area (Å²) in [5.41, 5.74) is 0.171. The number of carboxylic acid groups (broad SMARTS) is 1.